The summed E-state index contributed by atoms with van der Waals surface area (Å²) in [5.41, 5.74) is 12.3. The molecule has 33 heavy (non-hydrogen) atoms. The lowest BCUT2D eigenvalue weighted by Gasteiger charge is -2.21. The lowest BCUT2D eigenvalue weighted by Crippen LogP contribution is -2.28. The van der Waals surface area contributed by atoms with Gasteiger partial charge in [0.05, 0.1) is 39.3 Å². The van der Waals surface area contributed by atoms with E-state index in [0.29, 0.717) is 22.6 Å². The summed E-state index contributed by atoms with van der Waals surface area (Å²) in [5, 5.41) is 22.3. The summed E-state index contributed by atoms with van der Waals surface area (Å²) in [5.74, 6) is 0.216. The molecule has 1 unspecified atom stereocenters. The number of hydrogen-bond donors (Lipinski definition) is 3. The zero-order valence-corrected chi connectivity index (χ0v) is 18.0. The van der Waals surface area contributed by atoms with Crippen LogP contribution in [-0.4, -0.2) is 19.5 Å². The molecule has 0 fully saturated rings. The molecule has 0 amide bonds. The van der Waals surface area contributed by atoms with Crippen molar-refractivity contribution >= 4 is 40.1 Å². The van der Waals surface area contributed by atoms with Gasteiger partial charge in [-0.05, 0) is 37.3 Å². The van der Waals surface area contributed by atoms with Crippen LogP contribution in [0, 0.1) is 22.7 Å². The number of aromatic nitrogens is 4. The predicted molar refractivity (Wildman–Crippen MR) is 125 cm³/mol. The van der Waals surface area contributed by atoms with Crippen molar-refractivity contribution in [2.24, 2.45) is 0 Å². The molecule has 2 aromatic carbocycles. The van der Waals surface area contributed by atoms with Crippen LogP contribution in [0.15, 0.2) is 47.3 Å². The zero-order valence-electron chi connectivity index (χ0n) is 17.2. The summed E-state index contributed by atoms with van der Waals surface area (Å²) >= 11 is 6.31. The fourth-order valence-corrected chi connectivity index (χ4v) is 3.69. The van der Waals surface area contributed by atoms with Crippen molar-refractivity contribution < 1.29 is 0 Å². The molecule has 0 saturated heterocycles. The average molecular weight is 458 g/mol. The second kappa shape index (κ2) is 8.46. The number of anilines is 3. The largest absolute Gasteiger partial charge is 0.382 e. The lowest BCUT2D eigenvalue weighted by atomic mass is 10.1. The molecule has 4 rings (SSSR count). The number of nitrogens with one attached hydrogen (secondary N) is 1. The standard InChI is InChI=1S/C22H16ClN9O/c1-11(28-19-14(10-25)18(26)30-22(27)31-19)20-29-16-7-3-6-15(23)17(16)21(33)32(20)13-5-2-4-12(8-13)9-24/h2-8,11H,1H3,(H5,26,27,28,30,31). The molecule has 0 saturated carbocycles. The third kappa shape index (κ3) is 3.87. The van der Waals surface area contributed by atoms with Gasteiger partial charge in [-0.25, -0.2) is 4.98 Å². The lowest BCUT2D eigenvalue weighted by molar-refractivity contribution is 0.730. The van der Waals surface area contributed by atoms with Crippen LogP contribution < -0.4 is 22.3 Å². The molecular formula is C22H16ClN9O. The highest BCUT2D eigenvalue weighted by Crippen LogP contribution is 2.27. The van der Waals surface area contributed by atoms with Crippen molar-refractivity contribution in [3.8, 4) is 17.8 Å². The van der Waals surface area contributed by atoms with Gasteiger partial charge in [-0.1, -0.05) is 23.7 Å². The maximum absolute atomic E-state index is 13.6. The van der Waals surface area contributed by atoms with Crippen molar-refractivity contribution in [2.75, 3.05) is 16.8 Å². The number of fused-ring (bicyclic) bond motifs is 1. The molecule has 0 aliphatic rings. The van der Waals surface area contributed by atoms with E-state index in [0.717, 1.165) is 0 Å². The van der Waals surface area contributed by atoms with Crippen molar-refractivity contribution in [3.05, 3.63) is 74.8 Å². The molecule has 0 radical (unpaired) electrons. The number of nitrogens with zero attached hydrogens (tertiary/aromatic N) is 6. The Kier molecular flexibility index (Phi) is 5.53. The van der Waals surface area contributed by atoms with Gasteiger partial charge in [0, 0.05) is 0 Å². The van der Waals surface area contributed by atoms with Gasteiger partial charge in [-0.2, -0.15) is 20.5 Å². The molecule has 11 heteroatoms. The molecule has 162 valence electrons. The summed E-state index contributed by atoms with van der Waals surface area (Å²) in [6.45, 7) is 1.73. The summed E-state index contributed by atoms with van der Waals surface area (Å²) in [4.78, 5) is 26.1. The van der Waals surface area contributed by atoms with Crippen molar-refractivity contribution in [3.63, 3.8) is 0 Å². The number of nitrogen functional groups attached to an aromatic ring is 2. The topological polar surface area (TPSA) is 172 Å². The van der Waals surface area contributed by atoms with Crippen LogP contribution in [0.25, 0.3) is 16.6 Å². The third-order valence-electron chi connectivity index (χ3n) is 4.91. The number of rotatable bonds is 4. The van der Waals surface area contributed by atoms with Crippen LogP contribution in [0.2, 0.25) is 5.02 Å². The van der Waals surface area contributed by atoms with Gasteiger partial charge in [0.1, 0.15) is 23.3 Å². The first-order valence-corrected chi connectivity index (χ1v) is 10.0. The van der Waals surface area contributed by atoms with E-state index in [4.69, 9.17) is 23.1 Å². The van der Waals surface area contributed by atoms with Crippen molar-refractivity contribution in [1.29, 1.82) is 10.5 Å². The Morgan fingerprint density at radius 2 is 1.85 bits per heavy atom. The van der Waals surface area contributed by atoms with E-state index in [9.17, 15) is 15.3 Å². The summed E-state index contributed by atoms with van der Waals surface area (Å²) in [6.07, 6.45) is 0. The van der Waals surface area contributed by atoms with Gasteiger partial charge >= 0.3 is 0 Å². The normalized spacial score (nSPS) is 11.5. The minimum atomic E-state index is -0.646. The second-order valence-electron chi connectivity index (χ2n) is 7.08. The van der Waals surface area contributed by atoms with Gasteiger partial charge in [0.15, 0.2) is 5.82 Å². The van der Waals surface area contributed by atoms with Crippen molar-refractivity contribution in [2.45, 2.75) is 13.0 Å². The highest BCUT2D eigenvalue weighted by molar-refractivity contribution is 6.35. The minimum absolute atomic E-state index is 0.0141. The Morgan fingerprint density at radius 3 is 2.58 bits per heavy atom. The Hall–Kier alpha value is -4.67. The molecular weight excluding hydrogens is 442 g/mol. The van der Waals surface area contributed by atoms with E-state index in [1.54, 1.807) is 49.4 Å². The van der Waals surface area contributed by atoms with Gasteiger partial charge < -0.3 is 16.8 Å². The van der Waals surface area contributed by atoms with Crippen LogP contribution >= 0.6 is 11.6 Å². The Morgan fingerprint density at radius 1 is 1.09 bits per heavy atom. The number of nitriles is 2. The van der Waals surface area contributed by atoms with E-state index in [-0.39, 0.29) is 33.6 Å². The van der Waals surface area contributed by atoms with E-state index in [1.807, 2.05) is 6.07 Å². The SMILES string of the molecule is CC(Nc1nc(N)nc(N)c1C#N)c1nc2cccc(Cl)c2c(=O)n1-c1cccc(C#N)c1. The van der Waals surface area contributed by atoms with E-state index < -0.39 is 11.6 Å². The quantitative estimate of drug-likeness (QED) is 0.416. The Labute approximate surface area is 192 Å². The first-order valence-electron chi connectivity index (χ1n) is 9.65. The van der Waals surface area contributed by atoms with Crippen molar-refractivity contribution in [1.82, 2.24) is 19.5 Å². The third-order valence-corrected chi connectivity index (χ3v) is 5.23. The van der Waals surface area contributed by atoms with Crippen LogP contribution in [0.5, 0.6) is 0 Å². The van der Waals surface area contributed by atoms with Crippen LogP contribution in [0.4, 0.5) is 17.6 Å². The highest BCUT2D eigenvalue weighted by Gasteiger charge is 2.22. The predicted octanol–water partition coefficient (Wildman–Crippen LogP) is 2.91. The number of halogens is 1. The van der Waals surface area contributed by atoms with Crippen LogP contribution in [0.3, 0.4) is 0 Å². The second-order valence-corrected chi connectivity index (χ2v) is 7.48. The average Bonchev–Trinajstić information content (AvgIpc) is 2.78. The van der Waals surface area contributed by atoms with Gasteiger partial charge in [-0.15, -0.1) is 0 Å². The molecule has 4 aromatic rings. The number of nitrogens with two attached hydrogens (primary N) is 2. The molecule has 0 spiro atoms. The molecule has 0 aliphatic carbocycles. The monoisotopic (exact) mass is 457 g/mol. The number of benzene rings is 2. The molecule has 0 aliphatic heterocycles. The van der Waals surface area contributed by atoms with Gasteiger partial charge in [0.25, 0.3) is 5.56 Å². The number of hydrogen-bond acceptors (Lipinski definition) is 9. The molecule has 10 nitrogen and oxygen atoms in total. The van der Waals surface area contributed by atoms with E-state index >= 15 is 0 Å². The van der Waals surface area contributed by atoms with Crippen LogP contribution in [-0.2, 0) is 0 Å². The Balaban J connectivity index is 1.96. The first kappa shape index (κ1) is 21.6. The van der Waals surface area contributed by atoms with E-state index in [2.05, 4.69) is 26.3 Å². The first-order chi connectivity index (χ1) is 15.8. The summed E-state index contributed by atoms with van der Waals surface area (Å²) < 4.78 is 1.37. The van der Waals surface area contributed by atoms with Gasteiger partial charge in [-0.3, -0.25) is 9.36 Å². The highest BCUT2D eigenvalue weighted by atomic mass is 35.5. The summed E-state index contributed by atoms with van der Waals surface area (Å²) in [7, 11) is 0. The summed E-state index contributed by atoms with van der Waals surface area (Å²) in [6, 6.07) is 14.9. The molecule has 2 heterocycles. The van der Waals surface area contributed by atoms with Gasteiger partial charge in [0.2, 0.25) is 5.95 Å². The molecule has 5 N–H and O–H groups in total. The van der Waals surface area contributed by atoms with E-state index in [1.165, 1.54) is 4.57 Å². The maximum atomic E-state index is 13.6. The molecule has 2 aromatic heterocycles. The maximum Gasteiger partial charge on any atom is 0.267 e. The minimum Gasteiger partial charge on any atom is -0.382 e. The smallest absolute Gasteiger partial charge is 0.267 e. The fraction of sp³-hybridized carbons (Fsp3) is 0.0909. The molecule has 0 bridgehead atoms. The van der Waals surface area contributed by atoms with Crippen LogP contribution in [0.1, 0.15) is 29.9 Å². The molecule has 1 atom stereocenters. The fourth-order valence-electron chi connectivity index (χ4n) is 3.44. The zero-order chi connectivity index (χ0) is 23.7. The Bertz CT molecular complexity index is 1550.